The maximum absolute atomic E-state index is 12.0. The Kier molecular flexibility index (Phi) is 39.9. The van der Waals surface area contributed by atoms with Crippen molar-refractivity contribution in [2.75, 3.05) is 55.4 Å². The number of aliphatic carboxylic acids is 2. The summed E-state index contributed by atoms with van der Waals surface area (Å²) in [6.07, 6.45) is 39.9. The molecule has 10 heteroatoms. The van der Waals surface area contributed by atoms with Crippen LogP contribution < -0.4 is 10.2 Å². The highest BCUT2D eigenvalue weighted by atomic mass is 16.5. The van der Waals surface area contributed by atoms with Gasteiger partial charge in [-0.15, -0.1) is 0 Å². The van der Waals surface area contributed by atoms with Crippen molar-refractivity contribution < 1.29 is 47.8 Å². The molecule has 0 bridgehead atoms. The van der Waals surface area contributed by atoms with E-state index >= 15 is 0 Å². The minimum absolute atomic E-state index is 0.242. The van der Waals surface area contributed by atoms with Gasteiger partial charge in [0.2, 0.25) is 0 Å². The molecular weight excluding hydrogens is 757 g/mol. The predicted molar refractivity (Wildman–Crippen MR) is 244 cm³/mol. The van der Waals surface area contributed by atoms with Crippen LogP contribution in [-0.4, -0.2) is 100 Å². The number of allylic oxidation sites excluding steroid dienone is 4. The van der Waals surface area contributed by atoms with Gasteiger partial charge >= 0.3 is 11.9 Å². The zero-order chi connectivity index (χ0) is 45.3. The van der Waals surface area contributed by atoms with Crippen LogP contribution in [-0.2, 0) is 28.7 Å². The van der Waals surface area contributed by atoms with Crippen LogP contribution in [0.4, 0.5) is 0 Å². The van der Waals surface area contributed by atoms with Gasteiger partial charge in [0.25, 0.3) is 0 Å². The molecule has 0 aliphatic heterocycles. The number of carbonyl (C=O) groups excluding carboxylic acids is 4. The molecule has 0 aromatic carbocycles. The van der Waals surface area contributed by atoms with Gasteiger partial charge in [-0.25, -0.2) is 0 Å². The lowest BCUT2D eigenvalue weighted by molar-refractivity contribution is -0.873. The number of esters is 2. The number of quaternary nitrogens is 2. The normalized spacial score (nSPS) is 12.9. The maximum Gasteiger partial charge on any atom is 0.306 e. The highest BCUT2D eigenvalue weighted by Gasteiger charge is 2.23. The third kappa shape index (κ3) is 49.6. The lowest BCUT2D eigenvalue weighted by Gasteiger charge is -2.29. The second kappa shape index (κ2) is 40.4. The Bertz CT molecular complexity index is 1020. The van der Waals surface area contributed by atoms with Crippen LogP contribution in [0.1, 0.15) is 206 Å². The van der Waals surface area contributed by atoms with Gasteiger partial charge in [-0.3, -0.25) is 9.59 Å². The zero-order valence-electron chi connectivity index (χ0n) is 40.3. The van der Waals surface area contributed by atoms with Gasteiger partial charge < -0.3 is 38.2 Å². The molecule has 0 aromatic heterocycles. The summed E-state index contributed by atoms with van der Waals surface area (Å²) < 4.78 is 11.8. The van der Waals surface area contributed by atoms with E-state index in [-0.39, 0.29) is 24.8 Å². The maximum atomic E-state index is 12.0. The van der Waals surface area contributed by atoms with Crippen LogP contribution in [0.5, 0.6) is 0 Å². The highest BCUT2D eigenvalue weighted by molar-refractivity contribution is 5.71. The molecule has 352 valence electrons. The second-order valence-corrected chi connectivity index (χ2v) is 19.0. The van der Waals surface area contributed by atoms with Crippen molar-refractivity contribution in [3.05, 3.63) is 24.3 Å². The Morgan fingerprint density at radius 2 is 0.667 bits per heavy atom. The largest absolute Gasteiger partial charge is 0.550 e. The summed E-state index contributed by atoms with van der Waals surface area (Å²) in [6, 6.07) is 0. The molecule has 0 aromatic rings. The van der Waals surface area contributed by atoms with Gasteiger partial charge in [-0.05, 0) is 64.2 Å². The molecule has 0 heterocycles. The second-order valence-electron chi connectivity index (χ2n) is 19.0. The molecular formula is C50H94N2O8. The first-order chi connectivity index (χ1) is 28.5. The first kappa shape index (κ1) is 59.4. The topological polar surface area (TPSA) is 133 Å². The van der Waals surface area contributed by atoms with E-state index in [1.165, 1.54) is 116 Å². The molecule has 0 saturated heterocycles. The molecule has 0 spiro atoms. The van der Waals surface area contributed by atoms with Crippen molar-refractivity contribution in [3.8, 4) is 0 Å². The summed E-state index contributed by atoms with van der Waals surface area (Å²) in [5, 5.41) is 21.7. The molecule has 0 aliphatic rings. The van der Waals surface area contributed by atoms with Gasteiger partial charge in [0.1, 0.15) is 13.1 Å². The van der Waals surface area contributed by atoms with E-state index in [4.69, 9.17) is 9.47 Å². The fourth-order valence-electron chi connectivity index (χ4n) is 7.05. The molecule has 60 heavy (non-hydrogen) atoms. The van der Waals surface area contributed by atoms with E-state index in [1.54, 1.807) is 0 Å². The van der Waals surface area contributed by atoms with E-state index in [2.05, 4.69) is 38.2 Å². The van der Waals surface area contributed by atoms with Gasteiger partial charge in [-0.2, -0.15) is 0 Å². The van der Waals surface area contributed by atoms with Crippen molar-refractivity contribution in [2.24, 2.45) is 0 Å². The monoisotopic (exact) mass is 851 g/mol. The van der Waals surface area contributed by atoms with E-state index in [1.807, 2.05) is 42.3 Å². The van der Waals surface area contributed by atoms with Crippen molar-refractivity contribution in [2.45, 2.75) is 219 Å². The molecule has 0 radical (unpaired) electrons. The standard InChI is InChI=1S/2C25H47NO4/c2*1-5-6-7-8-9-10-11-12-13-14-15-16-17-18-19-20-25(29)30-23(21-24(27)28)22-26(2,3)4/h2*12-13,23H,5-11,14-22H2,1-4H3/b2*13-12-. The summed E-state index contributed by atoms with van der Waals surface area (Å²) in [6.45, 7) is 5.43. The molecule has 2 unspecified atom stereocenters. The van der Waals surface area contributed by atoms with Gasteiger partial charge in [0.05, 0.1) is 42.3 Å². The SMILES string of the molecule is CCCCCCCC/C=C\CCCCCCCC(=O)OC(CC(=O)[O-])C[N+](C)(C)C.CCCCCCCC/C=C\CCCCCCCC(=O)OC(CC(=O)[O-])C[N+](C)(C)C. The zero-order valence-corrected chi connectivity index (χ0v) is 40.3. The molecule has 2 atom stereocenters. The van der Waals surface area contributed by atoms with Crippen molar-refractivity contribution in [3.63, 3.8) is 0 Å². The molecule has 0 aliphatic carbocycles. The van der Waals surface area contributed by atoms with Gasteiger partial charge in [-0.1, -0.05) is 141 Å². The number of carboxylic acid groups (broad SMARTS) is 2. The number of unbranched alkanes of at least 4 members (excludes halogenated alkanes) is 22. The Morgan fingerprint density at radius 1 is 0.417 bits per heavy atom. The first-order valence-corrected chi connectivity index (χ1v) is 24.2. The van der Waals surface area contributed by atoms with Gasteiger partial charge in [0, 0.05) is 37.6 Å². The van der Waals surface area contributed by atoms with Crippen molar-refractivity contribution in [1.29, 1.82) is 0 Å². The Hall–Kier alpha value is -2.72. The number of hydrogen-bond acceptors (Lipinski definition) is 8. The lowest BCUT2D eigenvalue weighted by Crippen LogP contribution is -2.45. The third-order valence-electron chi connectivity index (χ3n) is 10.2. The number of nitrogens with zero attached hydrogens (tertiary/aromatic N) is 2. The van der Waals surface area contributed by atoms with Crippen molar-refractivity contribution in [1.82, 2.24) is 0 Å². The first-order valence-electron chi connectivity index (χ1n) is 24.2. The summed E-state index contributed by atoms with van der Waals surface area (Å²) in [7, 11) is 11.7. The lowest BCUT2D eigenvalue weighted by atomic mass is 10.1. The smallest absolute Gasteiger partial charge is 0.306 e. The van der Waals surface area contributed by atoms with Crippen LogP contribution in [0.25, 0.3) is 0 Å². The summed E-state index contributed by atoms with van der Waals surface area (Å²) in [4.78, 5) is 45.7. The van der Waals surface area contributed by atoms with E-state index in [0.29, 0.717) is 34.9 Å². The number of likely N-dealkylation sites (N-methyl/N-ethyl adjacent to an activating group) is 2. The average Bonchev–Trinajstić information content (AvgIpc) is 3.13. The van der Waals surface area contributed by atoms with Crippen LogP contribution in [0, 0.1) is 0 Å². The summed E-state index contributed by atoms with van der Waals surface area (Å²) in [5.74, 6) is -2.95. The molecule has 0 fully saturated rings. The molecule has 0 saturated carbocycles. The minimum atomic E-state index is -1.18. The molecule has 10 nitrogen and oxygen atoms in total. The Labute approximate surface area is 369 Å². The number of ether oxygens (including phenoxy) is 2. The van der Waals surface area contributed by atoms with E-state index < -0.39 is 24.1 Å². The quantitative estimate of drug-likeness (QED) is 0.0258. The Morgan fingerprint density at radius 3 is 0.917 bits per heavy atom. The highest BCUT2D eigenvalue weighted by Crippen LogP contribution is 2.14. The van der Waals surface area contributed by atoms with Crippen LogP contribution in [0.15, 0.2) is 24.3 Å². The minimum Gasteiger partial charge on any atom is -0.550 e. The van der Waals surface area contributed by atoms with Crippen LogP contribution in [0.3, 0.4) is 0 Å². The van der Waals surface area contributed by atoms with Crippen LogP contribution in [0.2, 0.25) is 0 Å². The number of rotatable bonds is 40. The van der Waals surface area contributed by atoms with E-state index in [9.17, 15) is 29.4 Å². The van der Waals surface area contributed by atoms with Crippen molar-refractivity contribution >= 4 is 23.9 Å². The number of hydrogen-bond donors (Lipinski definition) is 0. The molecule has 0 N–H and O–H groups in total. The van der Waals surface area contributed by atoms with E-state index in [0.717, 1.165) is 51.4 Å². The fourth-order valence-corrected chi connectivity index (χ4v) is 7.05. The number of carbonyl (C=O) groups is 4. The fraction of sp³-hybridized carbons (Fsp3) is 0.840. The average molecular weight is 851 g/mol. The third-order valence-corrected chi connectivity index (χ3v) is 10.2. The van der Waals surface area contributed by atoms with Crippen LogP contribution >= 0.6 is 0 Å². The summed E-state index contributed by atoms with van der Waals surface area (Å²) in [5.41, 5.74) is 0. The Balaban J connectivity index is 0. The molecule has 0 amide bonds. The number of carboxylic acids is 2. The van der Waals surface area contributed by atoms with Gasteiger partial charge in [0.15, 0.2) is 12.2 Å². The summed E-state index contributed by atoms with van der Waals surface area (Å²) >= 11 is 0. The molecule has 0 rings (SSSR count). The predicted octanol–water partition coefficient (Wildman–Crippen LogP) is 9.56.